The molecule has 0 aliphatic heterocycles. The lowest BCUT2D eigenvalue weighted by molar-refractivity contribution is -0.384. The zero-order chi connectivity index (χ0) is 13.8. The molecule has 1 aromatic heterocycles. The minimum atomic E-state index is -0.455. The second-order valence-electron chi connectivity index (χ2n) is 3.72. The van der Waals surface area contributed by atoms with Gasteiger partial charge in [-0.3, -0.25) is 15.1 Å². The number of benzene rings is 1. The van der Waals surface area contributed by atoms with Crippen molar-refractivity contribution in [2.24, 2.45) is 16.7 Å². The van der Waals surface area contributed by atoms with Crippen molar-refractivity contribution in [2.75, 3.05) is 0 Å². The summed E-state index contributed by atoms with van der Waals surface area (Å²) < 4.78 is 0. The molecule has 0 aliphatic carbocycles. The van der Waals surface area contributed by atoms with Crippen LogP contribution in [0.1, 0.15) is 5.69 Å². The molecule has 2 rings (SSSR count). The van der Waals surface area contributed by atoms with E-state index in [1.165, 1.54) is 12.1 Å². The highest BCUT2D eigenvalue weighted by Gasteiger charge is 2.11. The summed E-state index contributed by atoms with van der Waals surface area (Å²) in [4.78, 5) is 14.3. The van der Waals surface area contributed by atoms with Crippen LogP contribution in [0.25, 0.3) is 11.1 Å². The molecule has 1 heterocycles. The molecule has 0 unspecified atom stereocenters. The monoisotopic (exact) mass is 257 g/mol. The van der Waals surface area contributed by atoms with Gasteiger partial charge in [0.1, 0.15) is 5.69 Å². The molecule has 7 heteroatoms. The SMILES string of the molecule is NN=C(N)c1ncccc1-c1ccc([N+](=O)[O-])cc1. The number of hydrazone groups is 1. The fourth-order valence-corrected chi connectivity index (χ4v) is 1.67. The number of pyridine rings is 1. The fourth-order valence-electron chi connectivity index (χ4n) is 1.67. The Morgan fingerprint density at radius 1 is 1.26 bits per heavy atom. The molecule has 2 aromatic rings. The average molecular weight is 257 g/mol. The number of aromatic nitrogens is 1. The molecule has 0 saturated carbocycles. The van der Waals surface area contributed by atoms with Crippen molar-refractivity contribution in [1.82, 2.24) is 4.98 Å². The van der Waals surface area contributed by atoms with Crippen molar-refractivity contribution >= 4 is 11.5 Å². The summed E-state index contributed by atoms with van der Waals surface area (Å²) >= 11 is 0. The summed E-state index contributed by atoms with van der Waals surface area (Å²) in [6.45, 7) is 0. The van der Waals surface area contributed by atoms with Gasteiger partial charge in [0.15, 0.2) is 5.84 Å². The third kappa shape index (κ3) is 2.49. The van der Waals surface area contributed by atoms with Crippen molar-refractivity contribution in [3.8, 4) is 11.1 Å². The Bertz CT molecular complexity index is 637. The molecule has 0 spiro atoms. The first-order chi connectivity index (χ1) is 9.13. The minimum Gasteiger partial charge on any atom is -0.380 e. The van der Waals surface area contributed by atoms with Gasteiger partial charge < -0.3 is 11.6 Å². The van der Waals surface area contributed by atoms with Gasteiger partial charge in [-0.2, -0.15) is 5.10 Å². The van der Waals surface area contributed by atoms with Crippen LogP contribution in [0, 0.1) is 10.1 Å². The van der Waals surface area contributed by atoms with Crippen molar-refractivity contribution < 1.29 is 4.92 Å². The first-order valence-corrected chi connectivity index (χ1v) is 5.37. The highest BCUT2D eigenvalue weighted by Crippen LogP contribution is 2.24. The van der Waals surface area contributed by atoms with Crippen LogP contribution in [-0.4, -0.2) is 15.7 Å². The van der Waals surface area contributed by atoms with E-state index >= 15 is 0 Å². The quantitative estimate of drug-likeness (QED) is 0.281. The van der Waals surface area contributed by atoms with Gasteiger partial charge >= 0.3 is 0 Å². The van der Waals surface area contributed by atoms with Gasteiger partial charge in [-0.1, -0.05) is 6.07 Å². The van der Waals surface area contributed by atoms with Crippen LogP contribution in [0.3, 0.4) is 0 Å². The van der Waals surface area contributed by atoms with Crippen LogP contribution in [-0.2, 0) is 0 Å². The van der Waals surface area contributed by atoms with Gasteiger partial charge in [0.05, 0.1) is 4.92 Å². The zero-order valence-corrected chi connectivity index (χ0v) is 9.85. The largest absolute Gasteiger partial charge is 0.380 e. The van der Waals surface area contributed by atoms with Crippen LogP contribution < -0.4 is 11.6 Å². The van der Waals surface area contributed by atoms with Crippen LogP contribution in [0.4, 0.5) is 5.69 Å². The Hall–Kier alpha value is -2.96. The Balaban J connectivity index is 2.50. The first-order valence-electron chi connectivity index (χ1n) is 5.37. The molecule has 7 nitrogen and oxygen atoms in total. The number of nitro benzene ring substituents is 1. The Morgan fingerprint density at radius 3 is 2.53 bits per heavy atom. The molecule has 0 atom stereocenters. The lowest BCUT2D eigenvalue weighted by Gasteiger charge is -2.07. The van der Waals surface area contributed by atoms with E-state index in [1.807, 2.05) is 0 Å². The lowest BCUT2D eigenvalue weighted by Crippen LogP contribution is -2.18. The number of nitrogens with two attached hydrogens (primary N) is 2. The topological polar surface area (TPSA) is 120 Å². The van der Waals surface area contributed by atoms with Gasteiger partial charge in [0.25, 0.3) is 5.69 Å². The predicted octanol–water partition coefficient (Wildman–Crippen LogP) is 1.24. The van der Waals surface area contributed by atoms with E-state index in [-0.39, 0.29) is 11.5 Å². The Kier molecular flexibility index (Phi) is 3.37. The molecule has 96 valence electrons. The van der Waals surface area contributed by atoms with Crippen LogP contribution >= 0.6 is 0 Å². The summed E-state index contributed by atoms with van der Waals surface area (Å²) in [6.07, 6.45) is 1.57. The number of non-ortho nitro benzene ring substituents is 1. The van der Waals surface area contributed by atoms with Crippen molar-refractivity contribution in [2.45, 2.75) is 0 Å². The van der Waals surface area contributed by atoms with E-state index in [4.69, 9.17) is 11.6 Å². The van der Waals surface area contributed by atoms with Crippen LogP contribution in [0.2, 0.25) is 0 Å². The summed E-state index contributed by atoms with van der Waals surface area (Å²) in [6, 6.07) is 9.63. The maximum atomic E-state index is 10.6. The molecule has 1 aromatic carbocycles. The van der Waals surface area contributed by atoms with E-state index in [0.717, 1.165) is 5.56 Å². The summed E-state index contributed by atoms with van der Waals surface area (Å²) in [7, 11) is 0. The van der Waals surface area contributed by atoms with E-state index in [1.54, 1.807) is 30.5 Å². The molecule has 4 N–H and O–H groups in total. The van der Waals surface area contributed by atoms with Gasteiger partial charge in [-0.05, 0) is 23.8 Å². The van der Waals surface area contributed by atoms with Crippen molar-refractivity contribution in [3.05, 3.63) is 58.4 Å². The number of amidine groups is 1. The molecule has 0 fully saturated rings. The summed E-state index contributed by atoms with van der Waals surface area (Å²) in [5.74, 6) is 5.25. The number of nitrogens with zero attached hydrogens (tertiary/aromatic N) is 3. The highest BCUT2D eigenvalue weighted by molar-refractivity contribution is 6.01. The van der Waals surface area contributed by atoms with Gasteiger partial charge in [-0.25, -0.2) is 0 Å². The molecule has 0 radical (unpaired) electrons. The first kappa shape index (κ1) is 12.5. The van der Waals surface area contributed by atoms with E-state index in [2.05, 4.69) is 10.1 Å². The number of hydrogen-bond donors (Lipinski definition) is 2. The smallest absolute Gasteiger partial charge is 0.269 e. The molecule has 0 aliphatic rings. The zero-order valence-electron chi connectivity index (χ0n) is 9.85. The molecule has 19 heavy (non-hydrogen) atoms. The van der Waals surface area contributed by atoms with E-state index in [9.17, 15) is 10.1 Å². The van der Waals surface area contributed by atoms with E-state index in [0.29, 0.717) is 11.3 Å². The number of rotatable bonds is 3. The van der Waals surface area contributed by atoms with Gasteiger partial charge in [0.2, 0.25) is 0 Å². The van der Waals surface area contributed by atoms with Crippen molar-refractivity contribution in [1.29, 1.82) is 0 Å². The molecule has 0 bridgehead atoms. The fraction of sp³-hybridized carbons (Fsp3) is 0. The maximum absolute atomic E-state index is 10.6. The Labute approximate surface area is 108 Å². The second kappa shape index (κ2) is 5.13. The van der Waals surface area contributed by atoms with Crippen LogP contribution in [0.15, 0.2) is 47.7 Å². The molecular formula is C12H11N5O2. The van der Waals surface area contributed by atoms with Gasteiger partial charge in [0, 0.05) is 23.9 Å². The normalized spacial score (nSPS) is 11.3. The number of nitro groups is 1. The summed E-state index contributed by atoms with van der Waals surface area (Å²) in [5, 5.41) is 14.0. The van der Waals surface area contributed by atoms with Crippen LogP contribution in [0.5, 0.6) is 0 Å². The predicted molar refractivity (Wildman–Crippen MR) is 71.2 cm³/mol. The highest BCUT2D eigenvalue weighted by atomic mass is 16.6. The maximum Gasteiger partial charge on any atom is 0.269 e. The standard InChI is InChI=1S/C12H11N5O2/c13-12(16-14)11-10(2-1-7-15-11)8-3-5-9(6-4-8)17(18)19/h1-7H,14H2,(H2,13,16). The Morgan fingerprint density at radius 2 is 1.95 bits per heavy atom. The van der Waals surface area contributed by atoms with E-state index < -0.39 is 4.92 Å². The molecule has 0 saturated heterocycles. The second-order valence-corrected chi connectivity index (χ2v) is 3.72. The number of hydrogen-bond acceptors (Lipinski definition) is 5. The third-order valence-corrected chi connectivity index (χ3v) is 2.58. The van der Waals surface area contributed by atoms with Crippen molar-refractivity contribution in [3.63, 3.8) is 0 Å². The average Bonchev–Trinajstić information content (AvgIpc) is 2.46. The third-order valence-electron chi connectivity index (χ3n) is 2.58. The minimum absolute atomic E-state index is 0.0228. The summed E-state index contributed by atoms with van der Waals surface area (Å²) in [5.41, 5.74) is 7.59. The molecule has 0 amide bonds. The van der Waals surface area contributed by atoms with Gasteiger partial charge in [-0.15, -0.1) is 0 Å². The lowest BCUT2D eigenvalue weighted by atomic mass is 10.0. The molecular weight excluding hydrogens is 246 g/mol.